The van der Waals surface area contributed by atoms with Gasteiger partial charge in [-0.15, -0.1) is 0 Å². The van der Waals surface area contributed by atoms with Crippen molar-refractivity contribution in [3.05, 3.63) is 59.7 Å². The summed E-state index contributed by atoms with van der Waals surface area (Å²) in [6, 6.07) is 15.1. The standard InChI is InChI=1S/C24H26N2O5/c1-2-15(13-22(27)26-12-11-21(26)23(28)29)25-24(30)31-14-20-18-9-5-3-7-16(18)17-8-4-6-10-19(17)20/h3-10,15,20-21H,2,11-14H2,1H3,(H,25,30)(H,28,29). The molecule has 0 radical (unpaired) electrons. The molecule has 7 nitrogen and oxygen atoms in total. The van der Waals surface area contributed by atoms with Gasteiger partial charge in [-0.3, -0.25) is 4.79 Å². The summed E-state index contributed by atoms with van der Waals surface area (Å²) in [5.74, 6) is -1.28. The SMILES string of the molecule is CCC(CC(=O)N1CCC1C(=O)O)NC(=O)OCC1c2ccccc2-c2ccccc21. The van der Waals surface area contributed by atoms with E-state index in [9.17, 15) is 14.4 Å². The molecule has 0 bridgehead atoms. The Bertz CT molecular complexity index is 959. The molecule has 1 saturated heterocycles. The fourth-order valence-electron chi connectivity index (χ4n) is 4.37. The molecule has 1 fully saturated rings. The quantitative estimate of drug-likeness (QED) is 0.713. The molecule has 1 heterocycles. The molecule has 2 aliphatic rings. The zero-order valence-electron chi connectivity index (χ0n) is 17.4. The first-order chi connectivity index (χ1) is 15.0. The van der Waals surface area contributed by atoms with Gasteiger partial charge in [-0.2, -0.15) is 0 Å². The van der Waals surface area contributed by atoms with Crippen molar-refractivity contribution in [1.82, 2.24) is 10.2 Å². The van der Waals surface area contributed by atoms with Gasteiger partial charge in [0.15, 0.2) is 0 Å². The van der Waals surface area contributed by atoms with E-state index in [1.165, 1.54) is 4.90 Å². The molecule has 31 heavy (non-hydrogen) atoms. The second-order valence-corrected chi connectivity index (χ2v) is 8.01. The Morgan fingerprint density at radius 3 is 2.23 bits per heavy atom. The van der Waals surface area contributed by atoms with Crippen LogP contribution in [0.15, 0.2) is 48.5 Å². The largest absolute Gasteiger partial charge is 0.480 e. The number of fused-ring (bicyclic) bond motifs is 3. The Morgan fingerprint density at radius 2 is 1.71 bits per heavy atom. The van der Waals surface area contributed by atoms with Crippen molar-refractivity contribution in [1.29, 1.82) is 0 Å². The van der Waals surface area contributed by atoms with Gasteiger partial charge in [0.1, 0.15) is 12.6 Å². The van der Waals surface area contributed by atoms with Crippen LogP contribution in [0.4, 0.5) is 4.79 Å². The number of aliphatic carboxylic acids is 1. The zero-order valence-corrected chi connectivity index (χ0v) is 17.4. The molecular formula is C24H26N2O5. The molecule has 2 aromatic carbocycles. The number of hydrogen-bond acceptors (Lipinski definition) is 4. The average Bonchev–Trinajstić information content (AvgIpc) is 3.04. The maximum absolute atomic E-state index is 12.4. The van der Waals surface area contributed by atoms with Gasteiger partial charge < -0.3 is 20.1 Å². The van der Waals surface area contributed by atoms with Crippen LogP contribution < -0.4 is 5.32 Å². The fraction of sp³-hybridized carbons (Fsp3) is 0.375. The van der Waals surface area contributed by atoms with E-state index in [1.807, 2.05) is 31.2 Å². The van der Waals surface area contributed by atoms with E-state index < -0.39 is 24.1 Å². The molecule has 162 valence electrons. The minimum Gasteiger partial charge on any atom is -0.480 e. The maximum Gasteiger partial charge on any atom is 0.407 e. The summed E-state index contributed by atoms with van der Waals surface area (Å²) in [5, 5.41) is 11.9. The summed E-state index contributed by atoms with van der Waals surface area (Å²) < 4.78 is 5.54. The van der Waals surface area contributed by atoms with Crippen LogP contribution in [0.25, 0.3) is 11.1 Å². The van der Waals surface area contributed by atoms with Gasteiger partial charge >= 0.3 is 12.1 Å². The maximum atomic E-state index is 12.4. The molecule has 2 N–H and O–H groups in total. The van der Waals surface area contributed by atoms with Gasteiger partial charge in [0.25, 0.3) is 0 Å². The monoisotopic (exact) mass is 422 g/mol. The Hall–Kier alpha value is -3.35. The van der Waals surface area contributed by atoms with Crippen LogP contribution in [-0.4, -0.2) is 53.2 Å². The minimum atomic E-state index is -0.989. The van der Waals surface area contributed by atoms with E-state index in [1.54, 1.807) is 0 Å². The molecule has 1 aliphatic heterocycles. The van der Waals surface area contributed by atoms with Gasteiger partial charge in [0.2, 0.25) is 5.91 Å². The van der Waals surface area contributed by atoms with Crippen LogP contribution in [0.2, 0.25) is 0 Å². The van der Waals surface area contributed by atoms with E-state index >= 15 is 0 Å². The lowest BCUT2D eigenvalue weighted by Crippen LogP contribution is -2.56. The number of nitrogens with zero attached hydrogens (tertiary/aromatic N) is 1. The highest BCUT2D eigenvalue weighted by atomic mass is 16.5. The minimum absolute atomic E-state index is 0.0303. The lowest BCUT2D eigenvalue weighted by atomic mass is 9.98. The number of benzene rings is 2. The number of carboxylic acid groups (broad SMARTS) is 1. The van der Waals surface area contributed by atoms with Crippen LogP contribution in [0.1, 0.15) is 43.2 Å². The second kappa shape index (κ2) is 8.79. The lowest BCUT2D eigenvalue weighted by Gasteiger charge is -2.38. The molecule has 2 unspecified atom stereocenters. The molecule has 2 amide bonds. The third-order valence-corrected chi connectivity index (χ3v) is 6.20. The molecule has 2 aromatic rings. The first kappa shape index (κ1) is 20.9. The number of amides is 2. The number of carboxylic acids is 1. The van der Waals surface area contributed by atoms with Gasteiger partial charge in [-0.05, 0) is 35.1 Å². The number of likely N-dealkylation sites (tertiary alicyclic amines) is 1. The third-order valence-electron chi connectivity index (χ3n) is 6.20. The first-order valence-electron chi connectivity index (χ1n) is 10.6. The molecular weight excluding hydrogens is 396 g/mol. The Kier molecular flexibility index (Phi) is 5.93. The van der Waals surface area contributed by atoms with Gasteiger partial charge in [0, 0.05) is 24.9 Å². The summed E-state index contributed by atoms with van der Waals surface area (Å²) >= 11 is 0. The van der Waals surface area contributed by atoms with Crippen molar-refractivity contribution in [3.63, 3.8) is 0 Å². The zero-order chi connectivity index (χ0) is 22.0. The number of carbonyl (C=O) groups excluding carboxylic acids is 2. The number of hydrogen-bond donors (Lipinski definition) is 2. The van der Waals surface area contributed by atoms with Crippen molar-refractivity contribution in [3.8, 4) is 11.1 Å². The van der Waals surface area contributed by atoms with E-state index in [0.29, 0.717) is 19.4 Å². The molecule has 0 spiro atoms. The molecule has 4 rings (SSSR count). The Balaban J connectivity index is 1.35. The van der Waals surface area contributed by atoms with Gasteiger partial charge in [-0.1, -0.05) is 55.5 Å². The van der Waals surface area contributed by atoms with Gasteiger partial charge in [0.05, 0.1) is 0 Å². The number of carbonyl (C=O) groups is 3. The van der Waals surface area contributed by atoms with Gasteiger partial charge in [-0.25, -0.2) is 9.59 Å². The normalized spacial score (nSPS) is 17.8. The lowest BCUT2D eigenvalue weighted by molar-refractivity contribution is -0.157. The summed E-state index contributed by atoms with van der Waals surface area (Å²) in [5.41, 5.74) is 4.59. The molecule has 1 aliphatic carbocycles. The van der Waals surface area contributed by atoms with Crippen LogP contribution in [0, 0.1) is 0 Å². The van der Waals surface area contributed by atoms with Crippen molar-refractivity contribution in [2.75, 3.05) is 13.2 Å². The van der Waals surface area contributed by atoms with Crippen molar-refractivity contribution >= 4 is 18.0 Å². The van der Waals surface area contributed by atoms with E-state index in [4.69, 9.17) is 9.84 Å². The van der Waals surface area contributed by atoms with E-state index in [0.717, 1.165) is 22.3 Å². The second-order valence-electron chi connectivity index (χ2n) is 8.01. The van der Waals surface area contributed by atoms with Crippen molar-refractivity contribution in [2.24, 2.45) is 0 Å². The number of alkyl carbamates (subject to hydrolysis) is 1. The summed E-state index contributed by atoms with van der Waals surface area (Å²) in [4.78, 5) is 37.3. The smallest absolute Gasteiger partial charge is 0.407 e. The summed E-state index contributed by atoms with van der Waals surface area (Å²) in [6.45, 7) is 2.51. The molecule has 7 heteroatoms. The summed E-state index contributed by atoms with van der Waals surface area (Å²) in [6.07, 6.45) is 0.504. The average molecular weight is 422 g/mol. The van der Waals surface area contributed by atoms with Crippen molar-refractivity contribution in [2.45, 2.75) is 44.2 Å². The fourth-order valence-corrected chi connectivity index (χ4v) is 4.37. The van der Waals surface area contributed by atoms with Crippen LogP contribution in [0.5, 0.6) is 0 Å². The Morgan fingerprint density at radius 1 is 1.10 bits per heavy atom. The highest BCUT2D eigenvalue weighted by molar-refractivity contribution is 5.86. The van der Waals surface area contributed by atoms with Crippen molar-refractivity contribution < 1.29 is 24.2 Å². The van der Waals surface area contributed by atoms with E-state index in [2.05, 4.69) is 29.6 Å². The molecule has 0 aromatic heterocycles. The summed E-state index contributed by atoms with van der Waals surface area (Å²) in [7, 11) is 0. The predicted octanol–water partition coefficient (Wildman–Crippen LogP) is 3.38. The molecule has 2 atom stereocenters. The van der Waals surface area contributed by atoms with Crippen LogP contribution >= 0.6 is 0 Å². The number of rotatable bonds is 7. The first-order valence-corrected chi connectivity index (χ1v) is 10.6. The topological polar surface area (TPSA) is 95.9 Å². The predicted molar refractivity (Wildman–Crippen MR) is 115 cm³/mol. The number of nitrogens with one attached hydrogen (secondary N) is 1. The highest BCUT2D eigenvalue weighted by Crippen LogP contribution is 2.44. The van der Waals surface area contributed by atoms with Crippen LogP contribution in [-0.2, 0) is 14.3 Å². The third kappa shape index (κ3) is 4.13. The van der Waals surface area contributed by atoms with E-state index in [-0.39, 0.29) is 24.9 Å². The number of ether oxygens (including phenoxy) is 1. The Labute approximate surface area is 181 Å². The highest BCUT2D eigenvalue weighted by Gasteiger charge is 2.38. The molecule has 0 saturated carbocycles. The van der Waals surface area contributed by atoms with Crippen LogP contribution in [0.3, 0.4) is 0 Å².